The van der Waals surface area contributed by atoms with Gasteiger partial charge < -0.3 is 15.2 Å². The molecular formula is C16H29NO3. The average molecular weight is 283 g/mol. The Morgan fingerprint density at radius 1 is 1.25 bits per heavy atom. The summed E-state index contributed by atoms with van der Waals surface area (Å²) in [6, 6.07) is 0. The third-order valence-electron chi connectivity index (χ3n) is 5.32. The van der Waals surface area contributed by atoms with Crippen LogP contribution in [0.5, 0.6) is 0 Å². The quantitative estimate of drug-likeness (QED) is 0.735. The lowest BCUT2D eigenvalue weighted by Crippen LogP contribution is -2.56. The van der Waals surface area contributed by atoms with Crippen molar-refractivity contribution in [2.45, 2.75) is 76.4 Å². The van der Waals surface area contributed by atoms with E-state index in [1.54, 1.807) is 0 Å². The Morgan fingerprint density at radius 2 is 1.90 bits per heavy atom. The average Bonchev–Trinajstić information content (AvgIpc) is 2.39. The van der Waals surface area contributed by atoms with Crippen LogP contribution in [0, 0.1) is 5.92 Å². The first-order valence-corrected chi connectivity index (χ1v) is 8.16. The van der Waals surface area contributed by atoms with Crippen molar-refractivity contribution in [2.24, 2.45) is 5.92 Å². The summed E-state index contributed by atoms with van der Waals surface area (Å²) in [4.78, 5) is 11.7. The normalized spacial score (nSPS) is 32.5. The minimum atomic E-state index is -0.638. The topological polar surface area (TPSA) is 58.6 Å². The van der Waals surface area contributed by atoms with Crippen LogP contribution in [0.1, 0.15) is 65.2 Å². The highest BCUT2D eigenvalue weighted by molar-refractivity contribution is 5.72. The van der Waals surface area contributed by atoms with Crippen molar-refractivity contribution in [2.75, 3.05) is 13.2 Å². The van der Waals surface area contributed by atoms with Crippen LogP contribution < -0.4 is 5.32 Å². The summed E-state index contributed by atoms with van der Waals surface area (Å²) in [7, 11) is 0. The van der Waals surface area contributed by atoms with Crippen molar-refractivity contribution in [1.82, 2.24) is 5.32 Å². The smallest absolute Gasteiger partial charge is 0.308 e. The second-order valence-electron chi connectivity index (χ2n) is 6.59. The molecule has 0 aromatic rings. The lowest BCUT2D eigenvalue weighted by molar-refractivity contribution is -0.151. The molecule has 0 unspecified atom stereocenters. The predicted octanol–water partition coefficient (Wildman–Crippen LogP) is 2.39. The molecule has 0 spiro atoms. The van der Waals surface area contributed by atoms with Gasteiger partial charge in [0, 0.05) is 12.1 Å². The van der Waals surface area contributed by atoms with E-state index in [-0.39, 0.29) is 17.4 Å². The van der Waals surface area contributed by atoms with Gasteiger partial charge in [-0.3, -0.25) is 4.79 Å². The largest absolute Gasteiger partial charge is 0.466 e. The van der Waals surface area contributed by atoms with E-state index < -0.39 is 5.60 Å². The Kier molecular flexibility index (Phi) is 5.08. The zero-order valence-electron chi connectivity index (χ0n) is 12.9. The first-order valence-electron chi connectivity index (χ1n) is 8.16. The van der Waals surface area contributed by atoms with Gasteiger partial charge in [-0.2, -0.15) is 0 Å². The first-order chi connectivity index (χ1) is 9.52. The fraction of sp³-hybridized carbons (Fsp3) is 0.938. The molecule has 2 aliphatic carbocycles. The van der Waals surface area contributed by atoms with Gasteiger partial charge in [-0.05, 0) is 58.3 Å². The van der Waals surface area contributed by atoms with Gasteiger partial charge in [-0.25, -0.2) is 0 Å². The minimum Gasteiger partial charge on any atom is -0.466 e. The van der Waals surface area contributed by atoms with Gasteiger partial charge in [-0.1, -0.05) is 6.92 Å². The fourth-order valence-corrected chi connectivity index (χ4v) is 3.44. The SMILES string of the molecule is CCOC(=O)C1CCC(O)(CNC2(CC)CCC2)CC1. The third kappa shape index (κ3) is 3.53. The fourth-order valence-electron chi connectivity index (χ4n) is 3.44. The number of carbonyl (C=O) groups is 1. The lowest BCUT2D eigenvalue weighted by atomic mass is 9.73. The summed E-state index contributed by atoms with van der Waals surface area (Å²) in [6.07, 6.45) is 7.77. The Hall–Kier alpha value is -0.610. The van der Waals surface area contributed by atoms with Crippen molar-refractivity contribution in [3.63, 3.8) is 0 Å². The first kappa shape index (κ1) is 15.8. The van der Waals surface area contributed by atoms with Gasteiger partial charge in [0.25, 0.3) is 0 Å². The Morgan fingerprint density at radius 3 is 2.35 bits per heavy atom. The van der Waals surface area contributed by atoms with Gasteiger partial charge in [0.15, 0.2) is 0 Å². The number of hydrogen-bond donors (Lipinski definition) is 2. The summed E-state index contributed by atoms with van der Waals surface area (Å²) in [5.41, 5.74) is -0.367. The molecule has 4 heteroatoms. The third-order valence-corrected chi connectivity index (χ3v) is 5.32. The second kappa shape index (κ2) is 6.44. The molecule has 4 nitrogen and oxygen atoms in total. The molecule has 0 heterocycles. The molecule has 116 valence electrons. The Bertz CT molecular complexity index is 325. The van der Waals surface area contributed by atoms with Crippen molar-refractivity contribution in [3.8, 4) is 0 Å². The van der Waals surface area contributed by atoms with E-state index in [2.05, 4.69) is 12.2 Å². The highest BCUT2D eigenvalue weighted by Gasteiger charge is 2.40. The van der Waals surface area contributed by atoms with E-state index in [1.165, 1.54) is 19.3 Å². The maximum absolute atomic E-state index is 11.7. The molecule has 0 aromatic carbocycles. The monoisotopic (exact) mass is 283 g/mol. The number of carbonyl (C=O) groups excluding carboxylic acids is 1. The summed E-state index contributed by atoms with van der Waals surface area (Å²) in [5.74, 6) is -0.106. The van der Waals surface area contributed by atoms with Crippen LogP contribution in [0.25, 0.3) is 0 Å². The number of ether oxygens (including phenoxy) is 1. The molecule has 2 N–H and O–H groups in total. The molecule has 0 atom stereocenters. The molecule has 0 aromatic heterocycles. The zero-order chi connectivity index (χ0) is 14.6. The number of nitrogens with one attached hydrogen (secondary N) is 1. The van der Waals surface area contributed by atoms with Crippen LogP contribution in [0.2, 0.25) is 0 Å². The molecule has 2 saturated carbocycles. The standard InChI is InChI=1S/C16H29NO3/c1-3-15(8-5-9-15)17-12-16(19)10-6-13(7-11-16)14(18)20-4-2/h13,17,19H,3-12H2,1-2H3. The Labute approximate surface area is 122 Å². The molecule has 0 amide bonds. The van der Waals surface area contributed by atoms with Crippen LogP contribution in [-0.4, -0.2) is 35.4 Å². The zero-order valence-corrected chi connectivity index (χ0v) is 12.9. The van der Waals surface area contributed by atoms with E-state index in [0.29, 0.717) is 26.0 Å². The number of hydrogen-bond acceptors (Lipinski definition) is 4. The summed E-state index contributed by atoms with van der Waals surface area (Å²) < 4.78 is 5.07. The van der Waals surface area contributed by atoms with Crippen molar-refractivity contribution >= 4 is 5.97 Å². The number of aliphatic hydroxyl groups is 1. The van der Waals surface area contributed by atoms with Crippen LogP contribution in [0.3, 0.4) is 0 Å². The van der Waals surface area contributed by atoms with E-state index in [1.807, 2.05) is 6.92 Å². The summed E-state index contributed by atoms with van der Waals surface area (Å²) >= 11 is 0. The maximum Gasteiger partial charge on any atom is 0.308 e. The number of esters is 1. The van der Waals surface area contributed by atoms with Crippen LogP contribution >= 0.6 is 0 Å². The minimum absolute atomic E-state index is 0.0148. The van der Waals surface area contributed by atoms with Crippen molar-refractivity contribution in [3.05, 3.63) is 0 Å². The van der Waals surface area contributed by atoms with Gasteiger partial charge in [-0.15, -0.1) is 0 Å². The van der Waals surface area contributed by atoms with Crippen molar-refractivity contribution in [1.29, 1.82) is 0 Å². The van der Waals surface area contributed by atoms with E-state index in [4.69, 9.17) is 4.74 Å². The Balaban J connectivity index is 1.77. The highest BCUT2D eigenvalue weighted by Crippen LogP contribution is 2.37. The van der Waals surface area contributed by atoms with Gasteiger partial charge in [0.05, 0.1) is 18.1 Å². The predicted molar refractivity (Wildman–Crippen MR) is 78.4 cm³/mol. The van der Waals surface area contributed by atoms with E-state index in [0.717, 1.165) is 19.3 Å². The molecule has 2 aliphatic rings. The molecule has 0 aliphatic heterocycles. The van der Waals surface area contributed by atoms with Crippen LogP contribution in [-0.2, 0) is 9.53 Å². The molecular weight excluding hydrogens is 254 g/mol. The van der Waals surface area contributed by atoms with Crippen molar-refractivity contribution < 1.29 is 14.6 Å². The van der Waals surface area contributed by atoms with Crippen LogP contribution in [0.4, 0.5) is 0 Å². The summed E-state index contributed by atoms with van der Waals surface area (Å²) in [5, 5.41) is 14.3. The summed E-state index contributed by atoms with van der Waals surface area (Å²) in [6.45, 7) is 5.16. The second-order valence-corrected chi connectivity index (χ2v) is 6.59. The molecule has 0 bridgehead atoms. The number of β-amino-alcohol motifs (C(OH)–C–C–N with tert-alkyl or cyclic N) is 1. The van der Waals surface area contributed by atoms with Gasteiger partial charge in [0.2, 0.25) is 0 Å². The highest BCUT2D eigenvalue weighted by atomic mass is 16.5. The van der Waals surface area contributed by atoms with E-state index >= 15 is 0 Å². The molecule has 0 radical (unpaired) electrons. The molecule has 0 saturated heterocycles. The maximum atomic E-state index is 11.7. The lowest BCUT2D eigenvalue weighted by Gasteiger charge is -2.45. The molecule has 20 heavy (non-hydrogen) atoms. The number of rotatable bonds is 6. The molecule has 2 fully saturated rings. The van der Waals surface area contributed by atoms with E-state index in [9.17, 15) is 9.90 Å². The van der Waals surface area contributed by atoms with Gasteiger partial charge in [0.1, 0.15) is 0 Å². The van der Waals surface area contributed by atoms with Gasteiger partial charge >= 0.3 is 5.97 Å². The molecule has 2 rings (SSSR count). The van der Waals surface area contributed by atoms with Crippen LogP contribution in [0.15, 0.2) is 0 Å².